The van der Waals surface area contributed by atoms with Crippen molar-refractivity contribution in [1.29, 1.82) is 0 Å². The average molecular weight is 184 g/mol. The Morgan fingerprint density at radius 2 is 2.46 bits per heavy atom. The predicted molar refractivity (Wildman–Crippen MR) is 49.6 cm³/mol. The molecular formula is C8H16N4O. The van der Waals surface area contributed by atoms with Gasteiger partial charge in [0.15, 0.2) is 0 Å². The van der Waals surface area contributed by atoms with Crippen molar-refractivity contribution in [2.24, 2.45) is 7.05 Å². The molecule has 0 aliphatic rings. The van der Waals surface area contributed by atoms with Crippen molar-refractivity contribution >= 4 is 0 Å². The van der Waals surface area contributed by atoms with Crippen LogP contribution in [0.1, 0.15) is 13.3 Å². The largest absolute Gasteiger partial charge is 0.458 e. The van der Waals surface area contributed by atoms with Gasteiger partial charge in [-0.15, -0.1) is 5.10 Å². The van der Waals surface area contributed by atoms with E-state index in [-0.39, 0.29) is 6.10 Å². The summed E-state index contributed by atoms with van der Waals surface area (Å²) in [4.78, 5) is 3.99. The quantitative estimate of drug-likeness (QED) is 0.710. The topological polar surface area (TPSA) is 52.0 Å². The summed E-state index contributed by atoms with van der Waals surface area (Å²) in [5.41, 5.74) is 0. The van der Waals surface area contributed by atoms with Crippen LogP contribution in [0.25, 0.3) is 0 Å². The summed E-state index contributed by atoms with van der Waals surface area (Å²) in [5.74, 6) is 0. The third-order valence-electron chi connectivity index (χ3n) is 1.74. The third kappa shape index (κ3) is 3.02. The number of hydrogen-bond acceptors (Lipinski definition) is 4. The molecule has 1 aromatic rings. The Balaban J connectivity index is 2.46. The minimum Gasteiger partial charge on any atom is -0.458 e. The number of aromatic nitrogens is 3. The van der Waals surface area contributed by atoms with Gasteiger partial charge in [0.05, 0.1) is 0 Å². The molecule has 1 unspecified atom stereocenters. The second-order valence-corrected chi connectivity index (χ2v) is 2.91. The highest BCUT2D eigenvalue weighted by atomic mass is 16.5. The van der Waals surface area contributed by atoms with Crippen LogP contribution in [0.3, 0.4) is 0 Å². The molecule has 0 saturated heterocycles. The second kappa shape index (κ2) is 4.81. The summed E-state index contributed by atoms with van der Waals surface area (Å²) in [6.45, 7) is 2.89. The lowest BCUT2D eigenvalue weighted by molar-refractivity contribution is 0.180. The van der Waals surface area contributed by atoms with Crippen LogP contribution in [0.4, 0.5) is 0 Å². The molecule has 0 aliphatic carbocycles. The maximum Gasteiger partial charge on any atom is 0.335 e. The van der Waals surface area contributed by atoms with Crippen LogP contribution in [-0.4, -0.2) is 34.5 Å². The number of nitrogens with zero attached hydrogens (tertiary/aromatic N) is 3. The zero-order valence-electron chi connectivity index (χ0n) is 8.32. The monoisotopic (exact) mass is 184 g/mol. The van der Waals surface area contributed by atoms with E-state index >= 15 is 0 Å². The van der Waals surface area contributed by atoms with E-state index in [1.54, 1.807) is 11.0 Å². The van der Waals surface area contributed by atoms with Crippen molar-refractivity contribution < 1.29 is 4.74 Å². The summed E-state index contributed by atoms with van der Waals surface area (Å²) >= 11 is 0. The maximum atomic E-state index is 5.52. The van der Waals surface area contributed by atoms with Crippen molar-refractivity contribution in [3.8, 4) is 6.01 Å². The molecule has 1 heterocycles. The summed E-state index contributed by atoms with van der Waals surface area (Å²) in [7, 11) is 3.72. The van der Waals surface area contributed by atoms with E-state index in [2.05, 4.69) is 22.3 Å². The Morgan fingerprint density at radius 1 is 1.69 bits per heavy atom. The van der Waals surface area contributed by atoms with E-state index in [0.29, 0.717) is 6.01 Å². The van der Waals surface area contributed by atoms with Crippen LogP contribution in [0, 0.1) is 0 Å². The number of aryl methyl sites for hydroxylation is 1. The first-order chi connectivity index (χ1) is 6.26. The van der Waals surface area contributed by atoms with Gasteiger partial charge in [0, 0.05) is 13.6 Å². The fourth-order valence-corrected chi connectivity index (χ4v) is 1.02. The van der Waals surface area contributed by atoms with Gasteiger partial charge in [0.2, 0.25) is 0 Å². The highest BCUT2D eigenvalue weighted by molar-refractivity contribution is 4.88. The summed E-state index contributed by atoms with van der Waals surface area (Å²) in [6.07, 6.45) is 2.72. The summed E-state index contributed by atoms with van der Waals surface area (Å²) < 4.78 is 7.15. The van der Waals surface area contributed by atoms with Gasteiger partial charge in [-0.2, -0.15) is 4.98 Å². The first-order valence-electron chi connectivity index (χ1n) is 4.43. The van der Waals surface area contributed by atoms with Crippen molar-refractivity contribution in [2.45, 2.75) is 19.4 Å². The first kappa shape index (κ1) is 9.98. The molecule has 1 aromatic heterocycles. The van der Waals surface area contributed by atoms with Gasteiger partial charge >= 0.3 is 6.01 Å². The summed E-state index contributed by atoms with van der Waals surface area (Å²) in [5, 5.41) is 7.09. The fourth-order valence-electron chi connectivity index (χ4n) is 1.02. The first-order valence-corrected chi connectivity index (χ1v) is 4.43. The van der Waals surface area contributed by atoms with E-state index in [0.717, 1.165) is 13.0 Å². The standard InChI is InChI=1S/C8H16N4O/c1-4-7(5-9-2)13-8-10-6-12(3)11-8/h6-7,9H,4-5H2,1-3H3. The molecule has 0 spiro atoms. The normalized spacial score (nSPS) is 12.8. The molecule has 1 rings (SSSR count). The number of hydrogen-bond donors (Lipinski definition) is 1. The minimum absolute atomic E-state index is 0.146. The van der Waals surface area contributed by atoms with Gasteiger partial charge in [-0.1, -0.05) is 6.92 Å². The molecule has 0 fully saturated rings. The molecule has 1 N–H and O–H groups in total. The molecule has 1 atom stereocenters. The highest BCUT2D eigenvalue weighted by Gasteiger charge is 2.08. The Hall–Kier alpha value is -1.10. The number of nitrogens with one attached hydrogen (secondary N) is 1. The number of likely N-dealkylation sites (N-methyl/N-ethyl adjacent to an activating group) is 1. The van der Waals surface area contributed by atoms with E-state index in [9.17, 15) is 0 Å². The van der Waals surface area contributed by atoms with E-state index in [1.807, 2.05) is 14.1 Å². The van der Waals surface area contributed by atoms with E-state index < -0.39 is 0 Å². The summed E-state index contributed by atoms with van der Waals surface area (Å²) in [6, 6.07) is 0.449. The Bertz CT molecular complexity index is 248. The maximum absolute atomic E-state index is 5.52. The lowest BCUT2D eigenvalue weighted by atomic mass is 10.3. The van der Waals surface area contributed by atoms with Gasteiger partial charge in [0.1, 0.15) is 12.4 Å². The van der Waals surface area contributed by atoms with Gasteiger partial charge in [-0.05, 0) is 13.5 Å². The van der Waals surface area contributed by atoms with Gasteiger partial charge in [-0.25, -0.2) is 0 Å². The Labute approximate surface area is 78.1 Å². The fraction of sp³-hybridized carbons (Fsp3) is 0.750. The number of rotatable bonds is 5. The molecule has 5 heteroatoms. The lowest BCUT2D eigenvalue weighted by Gasteiger charge is -2.13. The average Bonchev–Trinajstić information content (AvgIpc) is 2.50. The molecule has 0 radical (unpaired) electrons. The lowest BCUT2D eigenvalue weighted by Crippen LogP contribution is -2.28. The SMILES string of the molecule is CCC(CNC)Oc1ncn(C)n1. The highest BCUT2D eigenvalue weighted by Crippen LogP contribution is 2.04. The molecule has 5 nitrogen and oxygen atoms in total. The van der Waals surface area contributed by atoms with Crippen molar-refractivity contribution in [3.05, 3.63) is 6.33 Å². The van der Waals surface area contributed by atoms with E-state index in [4.69, 9.17) is 4.74 Å². The smallest absolute Gasteiger partial charge is 0.335 e. The van der Waals surface area contributed by atoms with Crippen molar-refractivity contribution in [1.82, 2.24) is 20.1 Å². The van der Waals surface area contributed by atoms with Gasteiger partial charge in [0.25, 0.3) is 0 Å². The van der Waals surface area contributed by atoms with Crippen LogP contribution in [0.5, 0.6) is 6.01 Å². The van der Waals surface area contributed by atoms with Crippen LogP contribution >= 0.6 is 0 Å². The Kier molecular flexibility index (Phi) is 3.70. The molecular weight excluding hydrogens is 168 g/mol. The molecule has 74 valence electrons. The van der Waals surface area contributed by atoms with Crippen LogP contribution in [-0.2, 0) is 7.05 Å². The van der Waals surface area contributed by atoms with E-state index in [1.165, 1.54) is 0 Å². The predicted octanol–water partition coefficient (Wildman–Crippen LogP) is 0.192. The van der Waals surface area contributed by atoms with Gasteiger partial charge < -0.3 is 10.1 Å². The molecule has 0 aromatic carbocycles. The van der Waals surface area contributed by atoms with Crippen molar-refractivity contribution in [3.63, 3.8) is 0 Å². The molecule has 13 heavy (non-hydrogen) atoms. The zero-order valence-corrected chi connectivity index (χ0v) is 8.32. The van der Waals surface area contributed by atoms with Crippen molar-refractivity contribution in [2.75, 3.05) is 13.6 Å². The van der Waals surface area contributed by atoms with Crippen LogP contribution < -0.4 is 10.1 Å². The second-order valence-electron chi connectivity index (χ2n) is 2.91. The molecule has 0 amide bonds. The third-order valence-corrected chi connectivity index (χ3v) is 1.74. The Morgan fingerprint density at radius 3 is 2.92 bits per heavy atom. The minimum atomic E-state index is 0.146. The zero-order chi connectivity index (χ0) is 9.68. The molecule has 0 aliphatic heterocycles. The van der Waals surface area contributed by atoms with Gasteiger partial charge in [-0.3, -0.25) is 4.68 Å². The molecule has 0 saturated carbocycles. The number of ether oxygens (including phenoxy) is 1. The molecule has 0 bridgehead atoms. The van der Waals surface area contributed by atoms with Crippen LogP contribution in [0.15, 0.2) is 6.33 Å². The van der Waals surface area contributed by atoms with Crippen LogP contribution in [0.2, 0.25) is 0 Å².